The molecule has 0 rings (SSSR count). The summed E-state index contributed by atoms with van der Waals surface area (Å²) in [5.74, 6) is -0.188. The lowest BCUT2D eigenvalue weighted by atomic mass is 10.1. The summed E-state index contributed by atoms with van der Waals surface area (Å²) in [5.41, 5.74) is 5.47. The van der Waals surface area contributed by atoms with Crippen LogP contribution < -0.4 is 11.1 Å². The highest BCUT2D eigenvalue weighted by molar-refractivity contribution is 5.79. The molecule has 1 amide bonds. The van der Waals surface area contributed by atoms with Crippen molar-refractivity contribution in [2.75, 3.05) is 6.54 Å². The molecule has 0 aliphatic rings. The monoisotopic (exact) mass is 312 g/mol. The number of hydrogen-bond acceptors (Lipinski definition) is 2. The molecule has 3 N–H and O–H groups in total. The fourth-order valence-corrected chi connectivity index (χ4v) is 2.83. The topological polar surface area (TPSA) is 55.1 Å². The molecule has 0 aliphatic carbocycles. The molecule has 0 aromatic heterocycles. The summed E-state index contributed by atoms with van der Waals surface area (Å²) in [6.07, 6.45) is 17.7. The fourth-order valence-electron chi connectivity index (χ4n) is 2.83. The van der Waals surface area contributed by atoms with Gasteiger partial charge in [0.1, 0.15) is 0 Å². The average Bonchev–Trinajstić information content (AvgIpc) is 2.50. The first kappa shape index (κ1) is 21.4. The third-order valence-electron chi connectivity index (χ3n) is 4.36. The molecule has 3 heteroatoms. The van der Waals surface area contributed by atoms with Gasteiger partial charge in [0, 0.05) is 0 Å². The van der Waals surface area contributed by atoms with Crippen molar-refractivity contribution < 1.29 is 4.79 Å². The van der Waals surface area contributed by atoms with Gasteiger partial charge in [-0.2, -0.15) is 0 Å². The second kappa shape index (κ2) is 16.8. The Labute approximate surface area is 138 Å². The first-order chi connectivity index (χ1) is 10.7. The third kappa shape index (κ3) is 14.4. The van der Waals surface area contributed by atoms with E-state index in [1.807, 2.05) is 0 Å². The minimum atomic E-state index is -0.188. The summed E-state index contributed by atoms with van der Waals surface area (Å²) in [6, 6.07) is -0.120. The molecule has 0 radical (unpaired) electrons. The van der Waals surface area contributed by atoms with Crippen molar-refractivity contribution in [1.82, 2.24) is 5.32 Å². The zero-order valence-electron chi connectivity index (χ0n) is 15.2. The van der Waals surface area contributed by atoms with Gasteiger partial charge in [0.2, 0.25) is 5.91 Å². The number of carbonyl (C=O) groups is 1. The van der Waals surface area contributed by atoms with E-state index in [-0.39, 0.29) is 11.9 Å². The zero-order chi connectivity index (χ0) is 16.5. The van der Waals surface area contributed by atoms with Gasteiger partial charge in [-0.25, -0.2) is 0 Å². The van der Waals surface area contributed by atoms with Crippen molar-refractivity contribution in [1.29, 1.82) is 0 Å². The van der Waals surface area contributed by atoms with Crippen LogP contribution in [0.25, 0.3) is 0 Å². The zero-order valence-corrected chi connectivity index (χ0v) is 15.2. The molecule has 22 heavy (non-hydrogen) atoms. The van der Waals surface area contributed by atoms with E-state index >= 15 is 0 Å². The molecule has 132 valence electrons. The van der Waals surface area contributed by atoms with Gasteiger partial charge in [-0.05, 0) is 19.4 Å². The molecule has 0 aromatic rings. The quantitative estimate of drug-likeness (QED) is 0.374. The van der Waals surface area contributed by atoms with Crippen LogP contribution in [0.3, 0.4) is 0 Å². The molecular weight excluding hydrogens is 272 g/mol. The molecule has 1 atom stereocenters. The average molecular weight is 313 g/mol. The fraction of sp³-hybridized carbons (Fsp3) is 0.947. The smallest absolute Gasteiger partial charge is 0.234 e. The Bertz CT molecular complexity index is 244. The molecule has 3 nitrogen and oxygen atoms in total. The van der Waals surface area contributed by atoms with Crippen molar-refractivity contribution in [3.8, 4) is 0 Å². The molecule has 0 bridgehead atoms. The SMILES string of the molecule is CCCCCCCCCCCNC(CCCCCC)C(N)=O. The van der Waals surface area contributed by atoms with Gasteiger partial charge in [0.05, 0.1) is 6.04 Å². The highest BCUT2D eigenvalue weighted by Gasteiger charge is 2.13. The van der Waals surface area contributed by atoms with Crippen molar-refractivity contribution in [3.63, 3.8) is 0 Å². The normalized spacial score (nSPS) is 12.5. The van der Waals surface area contributed by atoms with Gasteiger partial charge >= 0.3 is 0 Å². The van der Waals surface area contributed by atoms with Crippen LogP contribution in [-0.4, -0.2) is 18.5 Å². The lowest BCUT2D eigenvalue weighted by Gasteiger charge is -2.15. The number of carbonyl (C=O) groups excluding carboxylic acids is 1. The van der Waals surface area contributed by atoms with E-state index < -0.39 is 0 Å². The molecule has 0 spiro atoms. The predicted octanol–water partition coefficient (Wildman–Crippen LogP) is 4.93. The summed E-state index contributed by atoms with van der Waals surface area (Å²) >= 11 is 0. The van der Waals surface area contributed by atoms with Crippen LogP contribution in [0.15, 0.2) is 0 Å². The van der Waals surface area contributed by atoms with Gasteiger partial charge in [-0.15, -0.1) is 0 Å². The summed E-state index contributed by atoms with van der Waals surface area (Å²) in [5, 5.41) is 3.34. The van der Waals surface area contributed by atoms with Gasteiger partial charge in [0.15, 0.2) is 0 Å². The maximum atomic E-state index is 11.4. The molecule has 0 heterocycles. The Hall–Kier alpha value is -0.570. The van der Waals surface area contributed by atoms with E-state index in [1.165, 1.54) is 70.6 Å². The highest BCUT2D eigenvalue weighted by atomic mass is 16.1. The number of unbranched alkanes of at least 4 members (excludes halogenated alkanes) is 11. The highest BCUT2D eigenvalue weighted by Crippen LogP contribution is 2.10. The lowest BCUT2D eigenvalue weighted by Crippen LogP contribution is -2.41. The van der Waals surface area contributed by atoms with Crippen molar-refractivity contribution in [3.05, 3.63) is 0 Å². The first-order valence-corrected chi connectivity index (χ1v) is 9.75. The van der Waals surface area contributed by atoms with Crippen LogP contribution in [0.5, 0.6) is 0 Å². The van der Waals surface area contributed by atoms with Crippen LogP contribution >= 0.6 is 0 Å². The maximum Gasteiger partial charge on any atom is 0.234 e. The minimum Gasteiger partial charge on any atom is -0.368 e. The van der Waals surface area contributed by atoms with Crippen LogP contribution in [0.2, 0.25) is 0 Å². The number of amides is 1. The van der Waals surface area contributed by atoms with Crippen LogP contribution in [0.4, 0.5) is 0 Å². The minimum absolute atomic E-state index is 0.120. The van der Waals surface area contributed by atoms with Gasteiger partial charge in [-0.1, -0.05) is 90.9 Å². The Morgan fingerprint density at radius 3 is 1.73 bits per heavy atom. The van der Waals surface area contributed by atoms with Gasteiger partial charge in [-0.3, -0.25) is 4.79 Å². The van der Waals surface area contributed by atoms with Gasteiger partial charge < -0.3 is 11.1 Å². The first-order valence-electron chi connectivity index (χ1n) is 9.75. The molecule has 0 fully saturated rings. The maximum absolute atomic E-state index is 11.4. The Morgan fingerprint density at radius 1 is 0.773 bits per heavy atom. The summed E-state index contributed by atoms with van der Waals surface area (Å²) in [4.78, 5) is 11.4. The molecule has 0 aromatic carbocycles. The van der Waals surface area contributed by atoms with Crippen LogP contribution in [0.1, 0.15) is 104 Å². The van der Waals surface area contributed by atoms with Crippen molar-refractivity contribution >= 4 is 5.91 Å². The Balaban J connectivity index is 3.42. The van der Waals surface area contributed by atoms with Crippen molar-refractivity contribution in [2.24, 2.45) is 5.73 Å². The Kier molecular flexibility index (Phi) is 16.4. The third-order valence-corrected chi connectivity index (χ3v) is 4.36. The molecule has 0 aliphatic heterocycles. The number of nitrogens with one attached hydrogen (secondary N) is 1. The second-order valence-electron chi connectivity index (χ2n) is 6.59. The van der Waals surface area contributed by atoms with E-state index in [0.29, 0.717) is 0 Å². The largest absolute Gasteiger partial charge is 0.368 e. The van der Waals surface area contributed by atoms with E-state index in [0.717, 1.165) is 25.8 Å². The van der Waals surface area contributed by atoms with Crippen LogP contribution in [0, 0.1) is 0 Å². The lowest BCUT2D eigenvalue weighted by molar-refractivity contribution is -0.120. The summed E-state index contributed by atoms with van der Waals surface area (Å²) < 4.78 is 0. The van der Waals surface area contributed by atoms with Crippen molar-refractivity contribution in [2.45, 2.75) is 110 Å². The number of hydrogen-bond donors (Lipinski definition) is 2. The van der Waals surface area contributed by atoms with Gasteiger partial charge in [0.25, 0.3) is 0 Å². The standard InChI is InChI=1S/C19H40N2O/c1-3-5-7-9-10-11-12-13-15-17-21-18(19(20)22)16-14-8-6-4-2/h18,21H,3-17H2,1-2H3,(H2,20,22). The predicted molar refractivity (Wildman–Crippen MR) is 97.0 cm³/mol. The number of nitrogens with two attached hydrogens (primary N) is 1. The molecule has 0 saturated carbocycles. The molecular formula is C19H40N2O. The summed E-state index contributed by atoms with van der Waals surface area (Å²) in [6.45, 7) is 5.39. The van der Waals surface area contributed by atoms with E-state index in [9.17, 15) is 4.79 Å². The van der Waals surface area contributed by atoms with E-state index in [1.54, 1.807) is 0 Å². The van der Waals surface area contributed by atoms with Crippen LogP contribution in [-0.2, 0) is 4.79 Å². The summed E-state index contributed by atoms with van der Waals surface area (Å²) in [7, 11) is 0. The number of rotatable bonds is 17. The van der Waals surface area contributed by atoms with E-state index in [2.05, 4.69) is 19.2 Å². The Morgan fingerprint density at radius 2 is 1.23 bits per heavy atom. The molecule has 0 saturated heterocycles. The molecule has 1 unspecified atom stereocenters. The van der Waals surface area contributed by atoms with E-state index in [4.69, 9.17) is 5.73 Å². The second-order valence-corrected chi connectivity index (χ2v) is 6.59. The number of primary amides is 1.